The number of rotatable bonds is 7. The van der Waals surface area contributed by atoms with Gasteiger partial charge in [0.25, 0.3) is 5.91 Å². The van der Waals surface area contributed by atoms with Crippen LogP contribution in [-0.2, 0) is 11.3 Å². The first-order valence-corrected chi connectivity index (χ1v) is 10.4. The molecule has 2 aromatic rings. The molecule has 27 heavy (non-hydrogen) atoms. The maximum Gasteiger partial charge on any atom is 0.273 e. The molecule has 0 aromatic carbocycles. The molecule has 0 aliphatic carbocycles. The molecule has 0 saturated heterocycles. The minimum Gasteiger partial charge on any atom is -0.359 e. The number of nitrogens with one attached hydrogen (secondary N) is 2. The lowest BCUT2D eigenvalue weighted by atomic mass is 9.95. The van der Waals surface area contributed by atoms with Gasteiger partial charge in [-0.05, 0) is 54.6 Å². The molecule has 3 heterocycles. The van der Waals surface area contributed by atoms with Gasteiger partial charge in [-0.25, -0.2) is 5.43 Å². The van der Waals surface area contributed by atoms with Crippen molar-refractivity contribution in [1.29, 1.82) is 0 Å². The van der Waals surface area contributed by atoms with Gasteiger partial charge in [0.05, 0.1) is 10.5 Å². The number of aromatic amines is 1. The van der Waals surface area contributed by atoms with E-state index >= 15 is 0 Å². The van der Waals surface area contributed by atoms with E-state index in [-0.39, 0.29) is 5.91 Å². The molecule has 0 bridgehead atoms. The predicted molar refractivity (Wildman–Crippen MR) is 113 cm³/mol. The molecule has 144 valence electrons. The van der Waals surface area contributed by atoms with E-state index in [4.69, 9.17) is 0 Å². The summed E-state index contributed by atoms with van der Waals surface area (Å²) in [4.78, 5) is 19.4. The predicted octanol–water partition coefficient (Wildman–Crippen LogP) is 4.27. The standard InChI is InChI=1S/C21H28N4OS/c1-6-25(7-2)12-16-14(5)22-17(19(16)13(3)4)11-15-20(23-24-21(15)26)18-9-8-10-27-18/h8-11,13,22H,6-7,12H2,1-5H3,(H,24,26)/b15-11+. The van der Waals surface area contributed by atoms with Crippen molar-refractivity contribution in [2.45, 2.75) is 47.1 Å². The van der Waals surface area contributed by atoms with Crippen LogP contribution in [0, 0.1) is 6.92 Å². The molecule has 0 atom stereocenters. The summed E-state index contributed by atoms with van der Waals surface area (Å²) in [5, 5.41) is 6.25. The van der Waals surface area contributed by atoms with E-state index in [2.05, 4.69) is 55.0 Å². The molecular formula is C21H28N4OS. The Morgan fingerprint density at radius 3 is 2.63 bits per heavy atom. The van der Waals surface area contributed by atoms with E-state index < -0.39 is 0 Å². The average molecular weight is 385 g/mol. The van der Waals surface area contributed by atoms with Gasteiger partial charge < -0.3 is 4.98 Å². The van der Waals surface area contributed by atoms with Crippen molar-refractivity contribution in [3.63, 3.8) is 0 Å². The van der Waals surface area contributed by atoms with Crippen LogP contribution in [0.15, 0.2) is 28.2 Å². The summed E-state index contributed by atoms with van der Waals surface area (Å²) in [5.74, 6) is 0.213. The van der Waals surface area contributed by atoms with Crippen LogP contribution in [0.4, 0.5) is 0 Å². The Morgan fingerprint density at radius 1 is 1.30 bits per heavy atom. The van der Waals surface area contributed by atoms with Gasteiger partial charge in [0.2, 0.25) is 0 Å². The van der Waals surface area contributed by atoms with E-state index in [1.165, 1.54) is 16.8 Å². The number of amides is 1. The Labute approximate surface area is 165 Å². The molecule has 0 radical (unpaired) electrons. The fraction of sp³-hybridized carbons (Fsp3) is 0.429. The van der Waals surface area contributed by atoms with E-state index in [9.17, 15) is 4.79 Å². The van der Waals surface area contributed by atoms with Crippen LogP contribution in [0.25, 0.3) is 6.08 Å². The summed E-state index contributed by atoms with van der Waals surface area (Å²) >= 11 is 1.59. The Balaban J connectivity index is 2.05. The smallest absolute Gasteiger partial charge is 0.273 e. The van der Waals surface area contributed by atoms with Crippen LogP contribution in [0.1, 0.15) is 61.0 Å². The number of carbonyl (C=O) groups is 1. The van der Waals surface area contributed by atoms with Gasteiger partial charge in [-0.2, -0.15) is 5.10 Å². The Bertz CT molecular complexity index is 870. The first-order valence-electron chi connectivity index (χ1n) is 9.53. The number of aryl methyl sites for hydroxylation is 1. The van der Waals surface area contributed by atoms with Gasteiger partial charge in [0.1, 0.15) is 5.71 Å². The zero-order chi connectivity index (χ0) is 19.6. The third-order valence-corrected chi connectivity index (χ3v) is 5.93. The number of aromatic nitrogens is 1. The lowest BCUT2D eigenvalue weighted by Crippen LogP contribution is -2.23. The van der Waals surface area contributed by atoms with Gasteiger partial charge in [-0.3, -0.25) is 9.69 Å². The highest BCUT2D eigenvalue weighted by Crippen LogP contribution is 2.31. The van der Waals surface area contributed by atoms with Crippen molar-refractivity contribution < 1.29 is 4.79 Å². The highest BCUT2D eigenvalue weighted by Gasteiger charge is 2.26. The van der Waals surface area contributed by atoms with Crippen molar-refractivity contribution in [2.75, 3.05) is 13.1 Å². The van der Waals surface area contributed by atoms with Crippen molar-refractivity contribution in [3.8, 4) is 0 Å². The minimum atomic E-state index is -0.148. The summed E-state index contributed by atoms with van der Waals surface area (Å²) in [5.41, 5.74) is 8.78. The van der Waals surface area contributed by atoms with E-state index in [0.29, 0.717) is 11.5 Å². The number of hydrogen-bond acceptors (Lipinski definition) is 4. The lowest BCUT2D eigenvalue weighted by Gasteiger charge is -2.20. The molecule has 2 aromatic heterocycles. The second-order valence-corrected chi connectivity index (χ2v) is 8.06. The largest absolute Gasteiger partial charge is 0.359 e. The molecule has 6 heteroatoms. The Kier molecular flexibility index (Phi) is 5.97. The molecule has 2 N–H and O–H groups in total. The third-order valence-electron chi connectivity index (χ3n) is 5.06. The topological polar surface area (TPSA) is 60.5 Å². The molecule has 0 saturated carbocycles. The van der Waals surface area contributed by atoms with Gasteiger partial charge >= 0.3 is 0 Å². The van der Waals surface area contributed by atoms with Gasteiger partial charge in [-0.1, -0.05) is 33.8 Å². The monoisotopic (exact) mass is 384 g/mol. The first-order chi connectivity index (χ1) is 13.0. The number of hydrogen-bond donors (Lipinski definition) is 2. The SMILES string of the molecule is CCN(CC)Cc1c(C)[nH]c(/C=C2/C(=O)NN=C2c2cccs2)c1C(C)C. The molecule has 0 spiro atoms. The van der Waals surface area contributed by atoms with E-state index in [1.54, 1.807) is 11.3 Å². The fourth-order valence-electron chi connectivity index (χ4n) is 3.57. The first kappa shape index (κ1) is 19.6. The van der Waals surface area contributed by atoms with Gasteiger partial charge in [0.15, 0.2) is 0 Å². The molecule has 1 amide bonds. The van der Waals surface area contributed by atoms with Crippen molar-refractivity contribution in [1.82, 2.24) is 15.3 Å². The maximum absolute atomic E-state index is 12.4. The van der Waals surface area contributed by atoms with E-state index in [1.807, 2.05) is 23.6 Å². The van der Waals surface area contributed by atoms with Gasteiger partial charge in [0, 0.05) is 17.9 Å². The zero-order valence-corrected chi connectivity index (χ0v) is 17.5. The summed E-state index contributed by atoms with van der Waals surface area (Å²) in [6.07, 6.45) is 1.97. The molecule has 0 fully saturated rings. The molecule has 5 nitrogen and oxygen atoms in total. The van der Waals surface area contributed by atoms with Crippen LogP contribution in [0.2, 0.25) is 0 Å². The highest BCUT2D eigenvalue weighted by molar-refractivity contribution is 7.12. The minimum absolute atomic E-state index is 0.148. The van der Waals surface area contributed by atoms with Crippen molar-refractivity contribution >= 4 is 29.0 Å². The number of hydrazone groups is 1. The third kappa shape index (κ3) is 3.92. The second kappa shape index (κ2) is 8.23. The molecule has 0 unspecified atom stereocenters. The van der Waals surface area contributed by atoms with Crippen molar-refractivity contribution in [2.24, 2.45) is 5.10 Å². The summed E-state index contributed by atoms with van der Waals surface area (Å²) < 4.78 is 0. The number of nitrogens with zero attached hydrogens (tertiary/aromatic N) is 2. The van der Waals surface area contributed by atoms with Crippen LogP contribution < -0.4 is 5.43 Å². The quantitative estimate of drug-likeness (QED) is 0.701. The van der Waals surface area contributed by atoms with Crippen molar-refractivity contribution in [3.05, 3.63) is 50.5 Å². The van der Waals surface area contributed by atoms with Crippen LogP contribution >= 0.6 is 11.3 Å². The summed E-state index contributed by atoms with van der Waals surface area (Å²) in [6, 6.07) is 3.97. The second-order valence-electron chi connectivity index (χ2n) is 7.11. The summed E-state index contributed by atoms with van der Waals surface area (Å²) in [6.45, 7) is 13.9. The van der Waals surface area contributed by atoms with Crippen LogP contribution in [-0.4, -0.2) is 34.6 Å². The lowest BCUT2D eigenvalue weighted by molar-refractivity contribution is -0.116. The van der Waals surface area contributed by atoms with E-state index in [0.717, 1.165) is 35.9 Å². The van der Waals surface area contributed by atoms with Crippen LogP contribution in [0.3, 0.4) is 0 Å². The highest BCUT2D eigenvalue weighted by atomic mass is 32.1. The maximum atomic E-state index is 12.4. The molecular weight excluding hydrogens is 356 g/mol. The molecule has 1 aliphatic heterocycles. The normalized spacial score (nSPS) is 15.9. The average Bonchev–Trinajstić information content (AvgIpc) is 3.34. The molecule has 3 rings (SSSR count). The summed E-state index contributed by atoms with van der Waals surface area (Å²) in [7, 11) is 0. The number of H-pyrrole nitrogens is 1. The van der Waals surface area contributed by atoms with Gasteiger partial charge in [-0.15, -0.1) is 11.3 Å². The van der Waals surface area contributed by atoms with Crippen LogP contribution in [0.5, 0.6) is 0 Å². The Morgan fingerprint density at radius 2 is 2.04 bits per heavy atom. The fourth-order valence-corrected chi connectivity index (χ4v) is 4.30. The Hall–Kier alpha value is -2.18. The number of carbonyl (C=O) groups excluding carboxylic acids is 1. The molecule has 1 aliphatic rings. The zero-order valence-electron chi connectivity index (χ0n) is 16.7. The number of thiophene rings is 1.